The van der Waals surface area contributed by atoms with Crippen molar-refractivity contribution in [2.45, 2.75) is 5.25 Å². The molecule has 2 atom stereocenters. The van der Waals surface area contributed by atoms with Crippen LogP contribution in [0.5, 0.6) is 0 Å². The van der Waals surface area contributed by atoms with E-state index in [1.807, 2.05) is 4.72 Å². The third-order valence-electron chi connectivity index (χ3n) is 2.65. The molecule has 0 unspecified atom stereocenters. The second-order valence-electron chi connectivity index (χ2n) is 3.66. The third-order valence-corrected chi connectivity index (χ3v) is 4.30. The standard InChI is InChI=1S/C10H11NO5S/c1-16-10(13)8-9(12)6-4-2-3-5-7(6)17(14,15)11-8/h2-7,11-12H,1H3/t6-,7-/m1/s1. The van der Waals surface area contributed by atoms with Crippen LogP contribution in [0.1, 0.15) is 0 Å². The van der Waals surface area contributed by atoms with Gasteiger partial charge in [0.15, 0.2) is 5.70 Å². The average Bonchev–Trinajstić information content (AvgIpc) is 2.33. The molecule has 1 aliphatic carbocycles. The average molecular weight is 257 g/mol. The molecule has 0 saturated carbocycles. The number of carbonyl (C=O) groups excluding carboxylic acids is 1. The molecule has 0 amide bonds. The number of sulfonamides is 1. The highest BCUT2D eigenvalue weighted by Gasteiger charge is 2.42. The van der Waals surface area contributed by atoms with Crippen LogP contribution in [0.4, 0.5) is 0 Å². The molecule has 2 aliphatic rings. The molecule has 17 heavy (non-hydrogen) atoms. The Hall–Kier alpha value is -1.76. The summed E-state index contributed by atoms with van der Waals surface area (Å²) in [6.07, 6.45) is 6.18. The Bertz CT molecular complexity index is 543. The van der Waals surface area contributed by atoms with Crippen molar-refractivity contribution in [3.63, 3.8) is 0 Å². The number of hydrogen-bond donors (Lipinski definition) is 2. The predicted octanol–water partition coefficient (Wildman–Crippen LogP) is -0.0272. The van der Waals surface area contributed by atoms with Crippen LogP contribution in [0, 0.1) is 5.92 Å². The Kier molecular flexibility index (Phi) is 2.70. The van der Waals surface area contributed by atoms with E-state index in [4.69, 9.17) is 0 Å². The fourth-order valence-corrected chi connectivity index (χ4v) is 3.32. The minimum atomic E-state index is -3.73. The van der Waals surface area contributed by atoms with Gasteiger partial charge in [0.25, 0.3) is 0 Å². The molecule has 92 valence electrons. The van der Waals surface area contributed by atoms with Crippen LogP contribution >= 0.6 is 0 Å². The highest BCUT2D eigenvalue weighted by atomic mass is 32.2. The highest BCUT2D eigenvalue weighted by Crippen LogP contribution is 2.31. The lowest BCUT2D eigenvalue weighted by atomic mass is 9.96. The van der Waals surface area contributed by atoms with Gasteiger partial charge in [-0.3, -0.25) is 4.72 Å². The van der Waals surface area contributed by atoms with E-state index in [0.29, 0.717) is 0 Å². The Balaban J connectivity index is 2.53. The van der Waals surface area contributed by atoms with Crippen LogP contribution in [0.25, 0.3) is 0 Å². The van der Waals surface area contributed by atoms with E-state index in [2.05, 4.69) is 4.74 Å². The quantitative estimate of drug-likeness (QED) is 0.644. The number of ether oxygens (including phenoxy) is 1. The maximum atomic E-state index is 11.8. The molecule has 0 aromatic carbocycles. The van der Waals surface area contributed by atoms with Gasteiger partial charge in [0.2, 0.25) is 10.0 Å². The lowest BCUT2D eigenvalue weighted by Crippen LogP contribution is -2.46. The van der Waals surface area contributed by atoms with Crippen LogP contribution in [-0.4, -0.2) is 31.9 Å². The van der Waals surface area contributed by atoms with Crippen LogP contribution in [0.15, 0.2) is 35.8 Å². The molecule has 0 aromatic rings. The minimum absolute atomic E-state index is 0.322. The minimum Gasteiger partial charge on any atom is -0.509 e. The fourth-order valence-electron chi connectivity index (χ4n) is 1.81. The SMILES string of the molecule is COC(=O)C1=C(O)[C@@H]2C=CC=C[C@H]2S(=O)(=O)N1. The smallest absolute Gasteiger partial charge is 0.358 e. The molecule has 2 rings (SSSR count). The normalized spacial score (nSPS) is 29.5. The number of aliphatic hydroxyl groups excluding tert-OH is 1. The van der Waals surface area contributed by atoms with Crippen LogP contribution in [-0.2, 0) is 19.6 Å². The fraction of sp³-hybridized carbons (Fsp3) is 0.300. The van der Waals surface area contributed by atoms with Gasteiger partial charge in [-0.1, -0.05) is 24.3 Å². The van der Waals surface area contributed by atoms with Crippen LogP contribution in [0.2, 0.25) is 0 Å². The number of rotatable bonds is 1. The maximum absolute atomic E-state index is 11.8. The van der Waals surface area contributed by atoms with Gasteiger partial charge in [0.05, 0.1) is 13.0 Å². The zero-order valence-corrected chi connectivity index (χ0v) is 9.77. The first-order valence-electron chi connectivity index (χ1n) is 4.85. The maximum Gasteiger partial charge on any atom is 0.358 e. The van der Waals surface area contributed by atoms with Crippen molar-refractivity contribution >= 4 is 16.0 Å². The summed E-state index contributed by atoms with van der Waals surface area (Å²) in [5.74, 6) is -1.98. The number of aliphatic hydroxyl groups is 1. The van der Waals surface area contributed by atoms with Gasteiger partial charge < -0.3 is 9.84 Å². The first-order valence-corrected chi connectivity index (χ1v) is 6.40. The van der Waals surface area contributed by atoms with Crippen molar-refractivity contribution in [3.05, 3.63) is 35.8 Å². The molecule has 6 nitrogen and oxygen atoms in total. The van der Waals surface area contributed by atoms with E-state index in [-0.39, 0.29) is 5.76 Å². The summed E-state index contributed by atoms with van der Waals surface area (Å²) >= 11 is 0. The number of esters is 1. The molecule has 0 saturated heterocycles. The molecule has 7 heteroatoms. The lowest BCUT2D eigenvalue weighted by Gasteiger charge is -2.30. The molecule has 0 aromatic heterocycles. The number of fused-ring (bicyclic) bond motifs is 1. The van der Waals surface area contributed by atoms with Gasteiger partial charge in [-0.15, -0.1) is 0 Å². The number of hydrogen-bond acceptors (Lipinski definition) is 5. The Morgan fingerprint density at radius 3 is 2.71 bits per heavy atom. The Morgan fingerprint density at radius 2 is 2.06 bits per heavy atom. The lowest BCUT2D eigenvalue weighted by molar-refractivity contribution is -0.136. The third kappa shape index (κ3) is 1.82. The van der Waals surface area contributed by atoms with Crippen molar-refractivity contribution in [1.29, 1.82) is 0 Å². The second-order valence-corrected chi connectivity index (χ2v) is 5.50. The summed E-state index contributed by atoms with van der Waals surface area (Å²) in [4.78, 5) is 11.3. The summed E-state index contributed by atoms with van der Waals surface area (Å²) in [7, 11) is -2.62. The first-order chi connectivity index (χ1) is 7.97. The number of carbonyl (C=O) groups is 1. The van der Waals surface area contributed by atoms with E-state index in [1.54, 1.807) is 12.2 Å². The van der Waals surface area contributed by atoms with Gasteiger partial charge in [-0.05, 0) is 0 Å². The van der Waals surface area contributed by atoms with Crippen molar-refractivity contribution in [2.75, 3.05) is 7.11 Å². The van der Waals surface area contributed by atoms with Gasteiger partial charge in [0, 0.05) is 0 Å². The van der Waals surface area contributed by atoms with E-state index in [9.17, 15) is 18.3 Å². The molecule has 0 bridgehead atoms. The van der Waals surface area contributed by atoms with E-state index < -0.39 is 32.9 Å². The molecule has 2 N–H and O–H groups in total. The van der Waals surface area contributed by atoms with Crippen LogP contribution in [0.3, 0.4) is 0 Å². The predicted molar refractivity (Wildman–Crippen MR) is 59.3 cm³/mol. The summed E-state index contributed by atoms with van der Waals surface area (Å²) in [5.41, 5.74) is -0.423. The molecule has 0 fully saturated rings. The Morgan fingerprint density at radius 1 is 1.41 bits per heavy atom. The molecule has 0 radical (unpaired) electrons. The van der Waals surface area contributed by atoms with Crippen LogP contribution < -0.4 is 4.72 Å². The first kappa shape index (κ1) is 11.7. The molecule has 0 spiro atoms. The highest BCUT2D eigenvalue weighted by molar-refractivity contribution is 7.90. The van der Waals surface area contributed by atoms with Crippen molar-refractivity contribution in [2.24, 2.45) is 5.92 Å². The van der Waals surface area contributed by atoms with E-state index >= 15 is 0 Å². The summed E-state index contributed by atoms with van der Waals surface area (Å²) in [6.45, 7) is 0. The van der Waals surface area contributed by atoms with Crippen molar-refractivity contribution < 1.29 is 23.1 Å². The molecular formula is C10H11NO5S. The molecule has 1 aliphatic heterocycles. The molecule has 1 heterocycles. The van der Waals surface area contributed by atoms with E-state index in [1.165, 1.54) is 12.2 Å². The van der Waals surface area contributed by atoms with Gasteiger partial charge >= 0.3 is 5.97 Å². The number of nitrogens with one attached hydrogen (secondary N) is 1. The second kappa shape index (κ2) is 3.92. The van der Waals surface area contributed by atoms with Crippen molar-refractivity contribution in [1.82, 2.24) is 4.72 Å². The monoisotopic (exact) mass is 257 g/mol. The van der Waals surface area contributed by atoms with Gasteiger partial charge in [0.1, 0.15) is 11.0 Å². The topological polar surface area (TPSA) is 92.7 Å². The van der Waals surface area contributed by atoms with E-state index in [0.717, 1.165) is 7.11 Å². The molecular weight excluding hydrogens is 246 g/mol. The van der Waals surface area contributed by atoms with Crippen molar-refractivity contribution in [3.8, 4) is 0 Å². The number of methoxy groups -OCH3 is 1. The van der Waals surface area contributed by atoms with Gasteiger partial charge in [-0.25, -0.2) is 13.2 Å². The zero-order valence-electron chi connectivity index (χ0n) is 8.95. The zero-order chi connectivity index (χ0) is 12.6. The number of allylic oxidation sites excluding steroid dienone is 3. The summed E-state index contributed by atoms with van der Waals surface area (Å²) < 4.78 is 30.1. The summed E-state index contributed by atoms with van der Waals surface area (Å²) in [6, 6.07) is 0. The largest absolute Gasteiger partial charge is 0.509 e. The summed E-state index contributed by atoms with van der Waals surface area (Å²) in [5, 5.41) is 8.96. The Labute approximate surface area is 98.3 Å². The van der Waals surface area contributed by atoms with Gasteiger partial charge in [-0.2, -0.15) is 0 Å².